The first-order valence-electron chi connectivity index (χ1n) is 8.22. The smallest absolute Gasteiger partial charge is 0.339 e. The summed E-state index contributed by atoms with van der Waals surface area (Å²) in [6, 6.07) is 4.21. The Bertz CT molecular complexity index is 600. The summed E-state index contributed by atoms with van der Waals surface area (Å²) >= 11 is 0. The molecular weight excluding hydrogens is 371 g/mol. The molecule has 0 bridgehead atoms. The summed E-state index contributed by atoms with van der Waals surface area (Å²) in [5, 5.41) is 2.99. The van der Waals surface area contributed by atoms with Crippen LogP contribution in [0.1, 0.15) is 28.8 Å². The zero-order chi connectivity index (χ0) is 18.4. The van der Waals surface area contributed by atoms with E-state index in [1.54, 1.807) is 9.80 Å². The minimum absolute atomic E-state index is 0. The van der Waals surface area contributed by atoms with Crippen LogP contribution in [0.25, 0.3) is 0 Å². The molecule has 0 spiro atoms. The third kappa shape index (κ3) is 5.88. The van der Waals surface area contributed by atoms with Crippen molar-refractivity contribution in [3.8, 4) is 0 Å². The number of benzene rings is 1. The van der Waals surface area contributed by atoms with Gasteiger partial charge in [-0.3, -0.25) is 9.59 Å². The van der Waals surface area contributed by atoms with E-state index >= 15 is 0 Å². The second-order valence-corrected chi connectivity index (χ2v) is 5.96. The van der Waals surface area contributed by atoms with Gasteiger partial charge in [-0.25, -0.2) is 0 Å². The Morgan fingerprint density at radius 1 is 1.04 bits per heavy atom. The number of piperazine rings is 1. The molecule has 1 heterocycles. The number of rotatable bonds is 5. The lowest BCUT2D eigenvalue weighted by Gasteiger charge is -2.35. The predicted molar refractivity (Wildman–Crippen MR) is 94.3 cm³/mol. The molecule has 26 heavy (non-hydrogen) atoms. The molecule has 1 aliphatic heterocycles. The average Bonchev–Trinajstić information content (AvgIpc) is 2.61. The second-order valence-electron chi connectivity index (χ2n) is 5.96. The second kappa shape index (κ2) is 9.78. The van der Waals surface area contributed by atoms with E-state index in [9.17, 15) is 22.8 Å². The Morgan fingerprint density at radius 2 is 1.58 bits per heavy atom. The third-order valence-corrected chi connectivity index (χ3v) is 4.20. The van der Waals surface area contributed by atoms with Gasteiger partial charge in [0.15, 0.2) is 0 Å². The van der Waals surface area contributed by atoms with Crippen LogP contribution in [0.3, 0.4) is 0 Å². The Hall–Kier alpha value is -1.80. The number of carbonyl (C=O) groups is 2. The summed E-state index contributed by atoms with van der Waals surface area (Å²) in [5.74, 6) is -0.243. The predicted octanol–water partition coefficient (Wildman–Crippen LogP) is 2.41. The molecule has 0 aromatic heterocycles. The fourth-order valence-electron chi connectivity index (χ4n) is 2.72. The Kier molecular flexibility index (Phi) is 8.36. The van der Waals surface area contributed by atoms with E-state index in [0.29, 0.717) is 32.6 Å². The van der Waals surface area contributed by atoms with Gasteiger partial charge in [-0.05, 0) is 44.3 Å². The van der Waals surface area contributed by atoms with Crippen molar-refractivity contribution in [2.24, 2.45) is 0 Å². The molecule has 2 amide bonds. The van der Waals surface area contributed by atoms with Crippen molar-refractivity contribution < 1.29 is 22.8 Å². The Balaban J connectivity index is 0.00000338. The van der Waals surface area contributed by atoms with E-state index in [2.05, 4.69) is 5.32 Å². The summed E-state index contributed by atoms with van der Waals surface area (Å²) in [6.45, 7) is 2.45. The molecule has 0 atom stereocenters. The molecule has 1 aliphatic rings. The summed E-state index contributed by atoms with van der Waals surface area (Å²) in [6.07, 6.45) is -3.19. The van der Waals surface area contributed by atoms with Crippen LogP contribution in [-0.4, -0.2) is 61.4 Å². The average molecular weight is 394 g/mol. The number of hydrogen-bond acceptors (Lipinski definition) is 3. The maximum Gasteiger partial charge on any atom is 0.416 e. The van der Waals surface area contributed by atoms with Crippen molar-refractivity contribution in [2.75, 3.05) is 39.8 Å². The maximum absolute atomic E-state index is 12.6. The molecule has 0 unspecified atom stereocenters. The van der Waals surface area contributed by atoms with Gasteiger partial charge < -0.3 is 15.1 Å². The van der Waals surface area contributed by atoms with E-state index in [1.165, 1.54) is 12.1 Å². The van der Waals surface area contributed by atoms with Gasteiger partial charge in [-0.2, -0.15) is 13.2 Å². The fraction of sp³-hybridized carbons (Fsp3) is 0.529. The summed E-state index contributed by atoms with van der Waals surface area (Å²) in [4.78, 5) is 27.7. The molecule has 1 aromatic rings. The molecule has 1 aromatic carbocycles. The minimum Gasteiger partial charge on any atom is -0.339 e. The molecule has 0 aliphatic carbocycles. The molecule has 146 valence electrons. The molecule has 5 nitrogen and oxygen atoms in total. The highest BCUT2D eigenvalue weighted by Crippen LogP contribution is 2.29. The Morgan fingerprint density at radius 3 is 2.08 bits per heavy atom. The SMILES string of the molecule is CNCCCC(=O)N1CCN(C(=O)c2ccc(C(F)(F)F)cc2)CC1.Cl. The molecule has 1 N–H and O–H groups in total. The van der Waals surface area contributed by atoms with Gasteiger partial charge >= 0.3 is 6.18 Å². The van der Waals surface area contributed by atoms with Crippen molar-refractivity contribution in [3.05, 3.63) is 35.4 Å². The van der Waals surface area contributed by atoms with Crippen LogP contribution in [0, 0.1) is 0 Å². The lowest BCUT2D eigenvalue weighted by Crippen LogP contribution is -2.50. The highest BCUT2D eigenvalue weighted by Gasteiger charge is 2.31. The normalized spacial score (nSPS) is 14.8. The number of hydrogen-bond donors (Lipinski definition) is 1. The van der Waals surface area contributed by atoms with Crippen LogP contribution in [0.2, 0.25) is 0 Å². The van der Waals surface area contributed by atoms with Crippen LogP contribution >= 0.6 is 12.4 Å². The highest BCUT2D eigenvalue weighted by atomic mass is 35.5. The van der Waals surface area contributed by atoms with E-state index in [1.807, 2.05) is 7.05 Å². The first kappa shape index (κ1) is 22.2. The van der Waals surface area contributed by atoms with E-state index in [-0.39, 0.29) is 29.8 Å². The van der Waals surface area contributed by atoms with Gasteiger partial charge in [0.1, 0.15) is 0 Å². The van der Waals surface area contributed by atoms with Gasteiger partial charge in [0, 0.05) is 38.2 Å². The standard InChI is InChI=1S/C17H22F3N3O2.ClH/c1-21-8-2-3-15(24)22-9-11-23(12-10-22)16(25)13-4-6-14(7-5-13)17(18,19)20;/h4-7,21H,2-3,8-12H2,1H3;1H. The van der Waals surface area contributed by atoms with Crippen molar-refractivity contribution in [3.63, 3.8) is 0 Å². The van der Waals surface area contributed by atoms with E-state index in [4.69, 9.17) is 0 Å². The van der Waals surface area contributed by atoms with E-state index < -0.39 is 11.7 Å². The highest BCUT2D eigenvalue weighted by molar-refractivity contribution is 5.94. The van der Waals surface area contributed by atoms with Crippen molar-refractivity contribution in [1.82, 2.24) is 15.1 Å². The number of alkyl halides is 3. The number of carbonyl (C=O) groups excluding carboxylic acids is 2. The lowest BCUT2D eigenvalue weighted by atomic mass is 10.1. The number of nitrogens with zero attached hydrogens (tertiary/aromatic N) is 2. The van der Waals surface area contributed by atoms with Crippen molar-refractivity contribution in [1.29, 1.82) is 0 Å². The monoisotopic (exact) mass is 393 g/mol. The molecular formula is C17H23ClF3N3O2. The Labute approximate surface area is 156 Å². The van der Waals surface area contributed by atoms with Crippen LogP contribution in [-0.2, 0) is 11.0 Å². The quantitative estimate of drug-likeness (QED) is 0.782. The van der Waals surface area contributed by atoms with Crippen LogP contribution in [0.15, 0.2) is 24.3 Å². The van der Waals surface area contributed by atoms with Gasteiger partial charge in [0.25, 0.3) is 5.91 Å². The first-order valence-corrected chi connectivity index (χ1v) is 8.22. The molecule has 1 fully saturated rings. The van der Waals surface area contributed by atoms with Crippen LogP contribution in [0.4, 0.5) is 13.2 Å². The number of amides is 2. The number of halogens is 4. The molecule has 9 heteroatoms. The summed E-state index contributed by atoms with van der Waals surface area (Å²) in [7, 11) is 1.83. The van der Waals surface area contributed by atoms with Crippen LogP contribution < -0.4 is 5.32 Å². The lowest BCUT2D eigenvalue weighted by molar-refractivity contribution is -0.137. The van der Waals surface area contributed by atoms with Crippen molar-refractivity contribution in [2.45, 2.75) is 19.0 Å². The van der Waals surface area contributed by atoms with Gasteiger partial charge in [-0.1, -0.05) is 0 Å². The first-order chi connectivity index (χ1) is 11.8. The maximum atomic E-state index is 12.6. The fourth-order valence-corrected chi connectivity index (χ4v) is 2.72. The molecule has 1 saturated heterocycles. The summed E-state index contributed by atoms with van der Waals surface area (Å²) < 4.78 is 37.7. The third-order valence-electron chi connectivity index (χ3n) is 4.20. The molecule has 0 radical (unpaired) electrons. The molecule has 0 saturated carbocycles. The zero-order valence-electron chi connectivity index (χ0n) is 14.5. The van der Waals surface area contributed by atoms with E-state index in [0.717, 1.165) is 25.1 Å². The summed E-state index contributed by atoms with van der Waals surface area (Å²) in [5.41, 5.74) is -0.553. The van der Waals surface area contributed by atoms with Gasteiger partial charge in [-0.15, -0.1) is 12.4 Å². The van der Waals surface area contributed by atoms with Crippen LogP contribution in [0.5, 0.6) is 0 Å². The zero-order valence-corrected chi connectivity index (χ0v) is 15.3. The largest absolute Gasteiger partial charge is 0.416 e. The topological polar surface area (TPSA) is 52.7 Å². The number of nitrogens with one attached hydrogen (secondary N) is 1. The minimum atomic E-state index is -4.42. The van der Waals surface area contributed by atoms with Gasteiger partial charge in [0.2, 0.25) is 5.91 Å². The van der Waals surface area contributed by atoms with Crippen molar-refractivity contribution >= 4 is 24.2 Å². The van der Waals surface area contributed by atoms with Gasteiger partial charge in [0.05, 0.1) is 5.56 Å². The molecule has 2 rings (SSSR count).